The molecule has 0 saturated heterocycles. The van der Waals surface area contributed by atoms with Gasteiger partial charge in [-0.15, -0.1) is 0 Å². The highest BCUT2D eigenvalue weighted by Crippen LogP contribution is 2.13. The molecule has 0 bridgehead atoms. The van der Waals surface area contributed by atoms with E-state index in [0.717, 1.165) is 5.56 Å². The van der Waals surface area contributed by atoms with Crippen molar-refractivity contribution in [2.45, 2.75) is 32.9 Å². The third kappa shape index (κ3) is 7.08. The number of benzene rings is 1. The Balaban J connectivity index is 2.64. The molecule has 0 spiro atoms. The quantitative estimate of drug-likeness (QED) is 0.361. The van der Waals surface area contributed by atoms with Gasteiger partial charge in [-0.1, -0.05) is 12.1 Å². The van der Waals surface area contributed by atoms with E-state index in [1.807, 2.05) is 26.8 Å². The summed E-state index contributed by atoms with van der Waals surface area (Å²) in [4.78, 5) is 16.2. The first-order valence-corrected chi connectivity index (χ1v) is 7.17. The summed E-state index contributed by atoms with van der Waals surface area (Å²) in [6.45, 7) is 7.07. The van der Waals surface area contributed by atoms with E-state index in [-0.39, 0.29) is 5.97 Å². The SMILES string of the molecule is COCCNC(N)=NCc1cccc(C(=O)OC(C)(C)C)c1. The fourth-order valence-corrected chi connectivity index (χ4v) is 1.65. The molecule has 0 heterocycles. The van der Waals surface area contributed by atoms with Crippen molar-refractivity contribution in [3.05, 3.63) is 35.4 Å². The number of ether oxygens (including phenoxy) is 2. The number of hydrogen-bond donors (Lipinski definition) is 2. The molecular weight excluding hydrogens is 282 g/mol. The Labute approximate surface area is 131 Å². The lowest BCUT2D eigenvalue weighted by atomic mass is 10.1. The molecule has 0 aliphatic heterocycles. The first-order valence-electron chi connectivity index (χ1n) is 7.17. The average molecular weight is 307 g/mol. The zero-order valence-corrected chi connectivity index (χ0v) is 13.7. The third-order valence-corrected chi connectivity index (χ3v) is 2.61. The molecule has 22 heavy (non-hydrogen) atoms. The maximum atomic E-state index is 12.0. The summed E-state index contributed by atoms with van der Waals surface area (Å²) in [5.74, 6) is 0.00393. The summed E-state index contributed by atoms with van der Waals surface area (Å²) in [5, 5.41) is 2.93. The van der Waals surface area contributed by atoms with Crippen LogP contribution in [0.25, 0.3) is 0 Å². The Morgan fingerprint density at radius 1 is 1.36 bits per heavy atom. The summed E-state index contributed by atoms with van der Waals surface area (Å²) < 4.78 is 10.3. The molecule has 3 N–H and O–H groups in total. The fraction of sp³-hybridized carbons (Fsp3) is 0.500. The van der Waals surface area contributed by atoms with Gasteiger partial charge in [-0.25, -0.2) is 9.79 Å². The van der Waals surface area contributed by atoms with Gasteiger partial charge in [-0.05, 0) is 38.5 Å². The molecule has 0 unspecified atom stereocenters. The van der Waals surface area contributed by atoms with Crippen molar-refractivity contribution in [2.24, 2.45) is 10.7 Å². The molecule has 0 aromatic heterocycles. The highest BCUT2D eigenvalue weighted by Gasteiger charge is 2.17. The van der Waals surface area contributed by atoms with Gasteiger partial charge in [0.05, 0.1) is 18.7 Å². The highest BCUT2D eigenvalue weighted by atomic mass is 16.6. The third-order valence-electron chi connectivity index (χ3n) is 2.61. The lowest BCUT2D eigenvalue weighted by Gasteiger charge is -2.19. The van der Waals surface area contributed by atoms with Crippen LogP contribution in [-0.2, 0) is 16.0 Å². The van der Waals surface area contributed by atoms with Crippen LogP contribution in [0.5, 0.6) is 0 Å². The summed E-state index contributed by atoms with van der Waals surface area (Å²) in [7, 11) is 1.62. The zero-order chi connectivity index (χ0) is 16.6. The summed E-state index contributed by atoms with van der Waals surface area (Å²) >= 11 is 0. The Bertz CT molecular complexity index is 522. The first-order chi connectivity index (χ1) is 10.3. The number of guanidine groups is 1. The molecule has 1 aromatic rings. The van der Waals surface area contributed by atoms with Gasteiger partial charge in [0.25, 0.3) is 0 Å². The van der Waals surface area contributed by atoms with Crippen molar-refractivity contribution >= 4 is 11.9 Å². The minimum Gasteiger partial charge on any atom is -0.456 e. The molecule has 0 atom stereocenters. The number of carbonyl (C=O) groups is 1. The van der Waals surface area contributed by atoms with E-state index >= 15 is 0 Å². The molecule has 1 rings (SSSR count). The van der Waals surface area contributed by atoms with E-state index in [0.29, 0.717) is 31.2 Å². The van der Waals surface area contributed by atoms with Gasteiger partial charge in [-0.2, -0.15) is 0 Å². The number of nitrogens with zero attached hydrogens (tertiary/aromatic N) is 1. The van der Waals surface area contributed by atoms with Gasteiger partial charge in [0.1, 0.15) is 5.60 Å². The lowest BCUT2D eigenvalue weighted by molar-refractivity contribution is 0.00694. The molecule has 6 nitrogen and oxygen atoms in total. The molecule has 0 radical (unpaired) electrons. The molecule has 0 aliphatic carbocycles. The van der Waals surface area contributed by atoms with Crippen LogP contribution < -0.4 is 11.1 Å². The zero-order valence-electron chi connectivity index (χ0n) is 13.7. The second kappa shape index (κ2) is 8.38. The molecule has 1 aromatic carbocycles. The Hall–Kier alpha value is -2.08. The Morgan fingerprint density at radius 3 is 2.73 bits per heavy atom. The van der Waals surface area contributed by atoms with Gasteiger partial charge in [0.2, 0.25) is 0 Å². The van der Waals surface area contributed by atoms with Crippen LogP contribution in [0.15, 0.2) is 29.3 Å². The van der Waals surface area contributed by atoms with Crippen LogP contribution in [0.2, 0.25) is 0 Å². The molecule has 0 saturated carbocycles. The van der Waals surface area contributed by atoms with Crippen molar-refractivity contribution in [3.63, 3.8) is 0 Å². The van der Waals surface area contributed by atoms with Crippen molar-refractivity contribution in [1.82, 2.24) is 5.32 Å². The monoisotopic (exact) mass is 307 g/mol. The van der Waals surface area contributed by atoms with Gasteiger partial charge >= 0.3 is 5.97 Å². The molecule has 122 valence electrons. The van der Waals surface area contributed by atoms with E-state index in [4.69, 9.17) is 15.2 Å². The smallest absolute Gasteiger partial charge is 0.338 e. The number of aliphatic imine (C=N–C) groups is 1. The Morgan fingerprint density at radius 2 is 2.09 bits per heavy atom. The van der Waals surface area contributed by atoms with Crippen LogP contribution in [-0.4, -0.2) is 37.8 Å². The van der Waals surface area contributed by atoms with Crippen molar-refractivity contribution in [3.8, 4) is 0 Å². The normalized spacial score (nSPS) is 12.1. The number of rotatable bonds is 6. The van der Waals surface area contributed by atoms with E-state index in [9.17, 15) is 4.79 Å². The topological polar surface area (TPSA) is 85.9 Å². The van der Waals surface area contributed by atoms with Gasteiger partial charge < -0.3 is 20.5 Å². The number of esters is 1. The van der Waals surface area contributed by atoms with Gasteiger partial charge in [-0.3, -0.25) is 0 Å². The second-order valence-electron chi connectivity index (χ2n) is 5.82. The molecule has 0 aliphatic rings. The number of carbonyl (C=O) groups excluding carboxylic acids is 1. The predicted molar refractivity (Wildman–Crippen MR) is 86.8 cm³/mol. The Kier molecular flexibility index (Phi) is 6.85. The number of hydrogen-bond acceptors (Lipinski definition) is 4. The first kappa shape index (κ1) is 18.0. The highest BCUT2D eigenvalue weighted by molar-refractivity contribution is 5.89. The van der Waals surface area contributed by atoms with E-state index < -0.39 is 5.60 Å². The van der Waals surface area contributed by atoms with E-state index in [1.54, 1.807) is 25.3 Å². The fourth-order valence-electron chi connectivity index (χ4n) is 1.65. The average Bonchev–Trinajstić information content (AvgIpc) is 2.44. The van der Waals surface area contributed by atoms with E-state index in [2.05, 4.69) is 10.3 Å². The summed E-state index contributed by atoms with van der Waals surface area (Å²) in [6, 6.07) is 7.18. The van der Waals surface area contributed by atoms with E-state index in [1.165, 1.54) is 0 Å². The van der Waals surface area contributed by atoms with Crippen LogP contribution in [0.4, 0.5) is 0 Å². The molecule has 0 fully saturated rings. The predicted octanol–water partition coefficient (Wildman–Crippen LogP) is 1.69. The molecule has 0 amide bonds. The largest absolute Gasteiger partial charge is 0.456 e. The summed E-state index contributed by atoms with van der Waals surface area (Å²) in [6.07, 6.45) is 0. The van der Waals surface area contributed by atoms with Gasteiger partial charge in [0, 0.05) is 13.7 Å². The number of nitrogens with two attached hydrogens (primary N) is 1. The lowest BCUT2D eigenvalue weighted by Crippen LogP contribution is -2.34. The minimum atomic E-state index is -0.513. The molecular formula is C16H25N3O3. The minimum absolute atomic E-state index is 0.343. The summed E-state index contributed by atoms with van der Waals surface area (Å²) in [5.41, 5.74) is 6.62. The van der Waals surface area contributed by atoms with Crippen molar-refractivity contribution in [1.29, 1.82) is 0 Å². The van der Waals surface area contributed by atoms with Crippen LogP contribution in [0, 0.1) is 0 Å². The maximum absolute atomic E-state index is 12.0. The molecule has 6 heteroatoms. The van der Waals surface area contributed by atoms with Crippen molar-refractivity contribution in [2.75, 3.05) is 20.3 Å². The number of methoxy groups -OCH3 is 1. The van der Waals surface area contributed by atoms with Gasteiger partial charge in [0.15, 0.2) is 5.96 Å². The van der Waals surface area contributed by atoms with Crippen molar-refractivity contribution < 1.29 is 14.3 Å². The van der Waals surface area contributed by atoms with Crippen LogP contribution in [0.1, 0.15) is 36.7 Å². The maximum Gasteiger partial charge on any atom is 0.338 e. The second-order valence-corrected chi connectivity index (χ2v) is 5.82. The van der Waals surface area contributed by atoms with Crippen LogP contribution >= 0.6 is 0 Å². The standard InChI is InChI=1S/C16H25N3O3/c1-16(2,3)22-14(20)13-7-5-6-12(10-13)11-19-15(17)18-8-9-21-4/h5-7,10H,8-9,11H2,1-4H3,(H3,17,18,19). The van der Waals surface area contributed by atoms with Crippen LogP contribution in [0.3, 0.4) is 0 Å². The number of nitrogens with one attached hydrogen (secondary N) is 1.